The molecular weight excluding hydrogens is 428 g/mol. The number of benzene rings is 2. The fraction of sp³-hybridized carbons (Fsp3) is 0.393. The minimum atomic E-state index is 0.117. The van der Waals surface area contributed by atoms with E-state index < -0.39 is 0 Å². The average molecular weight is 463 g/mol. The van der Waals surface area contributed by atoms with Gasteiger partial charge in [0, 0.05) is 24.4 Å². The van der Waals surface area contributed by atoms with Crippen LogP contribution in [0.4, 0.5) is 0 Å². The molecule has 0 aliphatic heterocycles. The maximum absolute atomic E-state index is 7.57. The Balaban J connectivity index is 0.000000968. The summed E-state index contributed by atoms with van der Waals surface area (Å²) in [6, 6.07) is 13.3. The summed E-state index contributed by atoms with van der Waals surface area (Å²) in [4.78, 5) is 5.98. The molecule has 0 saturated heterocycles. The Morgan fingerprint density at radius 1 is 1.24 bits per heavy atom. The molecule has 1 heterocycles. The highest BCUT2D eigenvalue weighted by atomic mass is 32.1. The van der Waals surface area contributed by atoms with E-state index in [0.29, 0.717) is 6.04 Å². The molecule has 5 heteroatoms. The number of nitrogens with one attached hydrogen (secondary N) is 1. The van der Waals surface area contributed by atoms with E-state index in [2.05, 4.69) is 54.4 Å². The average Bonchev–Trinajstić information content (AvgIpc) is 3.43. The van der Waals surface area contributed by atoms with Crippen LogP contribution < -0.4 is 10.1 Å². The van der Waals surface area contributed by atoms with Crippen molar-refractivity contribution in [2.24, 2.45) is 0 Å². The number of aliphatic hydroxyl groups is 1. The van der Waals surface area contributed by atoms with Crippen LogP contribution in [0.3, 0.4) is 0 Å². The number of fused-ring (bicyclic) bond motifs is 1. The number of ether oxygens (including phenoxy) is 1. The van der Waals surface area contributed by atoms with Crippen molar-refractivity contribution in [3.63, 3.8) is 0 Å². The highest BCUT2D eigenvalue weighted by molar-refractivity contribution is 7.18. The highest BCUT2D eigenvalue weighted by Gasteiger charge is 2.24. The lowest BCUT2D eigenvalue weighted by Gasteiger charge is -2.13. The minimum absolute atomic E-state index is 0.117. The lowest BCUT2D eigenvalue weighted by Crippen LogP contribution is -2.18. The molecule has 3 aromatic rings. The zero-order valence-corrected chi connectivity index (χ0v) is 21.1. The number of rotatable bonds is 6. The summed E-state index contributed by atoms with van der Waals surface area (Å²) in [5.41, 5.74) is 6.23. The molecule has 4 nitrogen and oxygen atoms in total. The van der Waals surface area contributed by atoms with Crippen LogP contribution in [-0.2, 0) is 6.42 Å². The summed E-state index contributed by atoms with van der Waals surface area (Å²) in [6.45, 7) is 11.0. The Morgan fingerprint density at radius 3 is 2.73 bits per heavy atom. The third kappa shape index (κ3) is 6.03. The Kier molecular flexibility index (Phi) is 9.08. The van der Waals surface area contributed by atoms with Gasteiger partial charge in [-0.25, -0.2) is 4.98 Å². The first-order chi connectivity index (χ1) is 16.0. The van der Waals surface area contributed by atoms with E-state index in [1.54, 1.807) is 18.3 Å². The second kappa shape index (κ2) is 12.0. The summed E-state index contributed by atoms with van der Waals surface area (Å²) < 4.78 is 5.92. The van der Waals surface area contributed by atoms with Gasteiger partial charge < -0.3 is 15.2 Å². The Hall–Kier alpha value is -2.65. The smallest absolute Gasteiger partial charge is 0.135 e. The number of thiazole rings is 1. The molecule has 2 aromatic carbocycles. The number of aliphatic hydroxyl groups excluding tert-OH is 1. The van der Waals surface area contributed by atoms with Crippen molar-refractivity contribution in [3.8, 4) is 38.6 Å². The summed E-state index contributed by atoms with van der Waals surface area (Å²) in [5, 5.41) is 12.2. The van der Waals surface area contributed by atoms with Crippen molar-refractivity contribution in [1.82, 2.24) is 10.3 Å². The lowest BCUT2D eigenvalue weighted by atomic mass is 10.0. The van der Waals surface area contributed by atoms with Crippen LogP contribution in [0.25, 0.3) is 21.0 Å². The van der Waals surface area contributed by atoms with Crippen LogP contribution in [0.5, 0.6) is 5.75 Å². The van der Waals surface area contributed by atoms with Crippen LogP contribution in [-0.4, -0.2) is 29.3 Å². The minimum Gasteiger partial charge on any atom is -0.490 e. The van der Waals surface area contributed by atoms with E-state index in [-0.39, 0.29) is 12.7 Å². The van der Waals surface area contributed by atoms with Crippen LogP contribution in [0.15, 0.2) is 42.6 Å². The van der Waals surface area contributed by atoms with Crippen LogP contribution >= 0.6 is 11.3 Å². The van der Waals surface area contributed by atoms with E-state index in [1.807, 2.05) is 33.0 Å². The fourth-order valence-electron chi connectivity index (χ4n) is 4.13. The molecular formula is C28H34N2O2S. The van der Waals surface area contributed by atoms with Gasteiger partial charge in [0.2, 0.25) is 0 Å². The first-order valence-corrected chi connectivity index (χ1v) is 12.5. The maximum atomic E-state index is 7.57. The highest BCUT2D eigenvalue weighted by Crippen LogP contribution is 2.41. The molecule has 0 bridgehead atoms. The van der Waals surface area contributed by atoms with Gasteiger partial charge in [-0.2, -0.15) is 0 Å². The Morgan fingerprint density at radius 2 is 2.03 bits per heavy atom. The van der Waals surface area contributed by atoms with Crippen molar-refractivity contribution in [3.05, 3.63) is 59.3 Å². The molecule has 0 radical (unpaired) electrons. The third-order valence-corrected chi connectivity index (χ3v) is 6.42. The fourth-order valence-corrected chi connectivity index (χ4v) is 5.09. The van der Waals surface area contributed by atoms with Gasteiger partial charge in [0.1, 0.15) is 10.8 Å². The lowest BCUT2D eigenvalue weighted by molar-refractivity contribution is 0.242. The monoisotopic (exact) mass is 462 g/mol. The standard InChI is InChI=1S/C26H28N2OS.C2H6O/c1-5-8-18-15-19(11-14-24(18)29-17(3)4)26-28-16-25(30-26)22-10-7-9-21-20(22)12-13-23(21)27-6-2;1-2-3/h7,9-11,14-17,23,27H,6,12-13H2,1-4H3;3H,2H2,1H3. The molecule has 174 valence electrons. The second-order valence-corrected chi connectivity index (χ2v) is 9.15. The van der Waals surface area contributed by atoms with Crippen molar-refractivity contribution in [1.29, 1.82) is 0 Å². The Labute approximate surface area is 202 Å². The van der Waals surface area contributed by atoms with Crippen LogP contribution in [0.1, 0.15) is 63.8 Å². The molecule has 1 atom stereocenters. The van der Waals surface area contributed by atoms with E-state index in [0.717, 1.165) is 34.8 Å². The van der Waals surface area contributed by atoms with E-state index in [9.17, 15) is 0 Å². The number of hydrogen-bond donors (Lipinski definition) is 2. The van der Waals surface area contributed by atoms with E-state index in [1.165, 1.54) is 28.0 Å². The van der Waals surface area contributed by atoms with Gasteiger partial charge >= 0.3 is 0 Å². The zero-order chi connectivity index (χ0) is 23.8. The van der Waals surface area contributed by atoms with Gasteiger partial charge in [0.15, 0.2) is 0 Å². The van der Waals surface area contributed by atoms with Gasteiger partial charge in [0.05, 0.1) is 16.5 Å². The predicted molar refractivity (Wildman–Crippen MR) is 139 cm³/mol. The molecule has 33 heavy (non-hydrogen) atoms. The Bertz CT molecular complexity index is 1120. The molecule has 2 N–H and O–H groups in total. The maximum Gasteiger partial charge on any atom is 0.135 e. The topological polar surface area (TPSA) is 54.4 Å². The van der Waals surface area contributed by atoms with Gasteiger partial charge in [-0.15, -0.1) is 17.3 Å². The molecule has 0 spiro atoms. The molecule has 4 rings (SSSR count). The molecule has 1 aliphatic rings. The molecule has 1 aromatic heterocycles. The van der Waals surface area contributed by atoms with Gasteiger partial charge in [-0.05, 0) is 82.0 Å². The van der Waals surface area contributed by atoms with Gasteiger partial charge in [0.25, 0.3) is 0 Å². The first-order valence-electron chi connectivity index (χ1n) is 11.7. The molecule has 1 aliphatic carbocycles. The van der Waals surface area contributed by atoms with Crippen molar-refractivity contribution >= 4 is 11.3 Å². The van der Waals surface area contributed by atoms with Gasteiger partial charge in [-0.1, -0.05) is 31.0 Å². The van der Waals surface area contributed by atoms with Crippen molar-refractivity contribution in [2.75, 3.05) is 13.2 Å². The van der Waals surface area contributed by atoms with E-state index >= 15 is 0 Å². The number of hydrogen-bond acceptors (Lipinski definition) is 5. The third-order valence-electron chi connectivity index (χ3n) is 5.34. The molecule has 0 saturated carbocycles. The number of nitrogens with zero attached hydrogens (tertiary/aromatic N) is 1. The summed E-state index contributed by atoms with van der Waals surface area (Å²) in [6.07, 6.45) is 4.42. The van der Waals surface area contributed by atoms with Gasteiger partial charge in [-0.3, -0.25) is 0 Å². The number of aromatic nitrogens is 1. The SMILES string of the molecule is CC#Cc1cc(-c2ncc(-c3cccc4c3CCC4NCC)s2)ccc1OC(C)C.CCO. The second-order valence-electron chi connectivity index (χ2n) is 8.12. The first kappa shape index (κ1) is 25.0. The van der Waals surface area contributed by atoms with Crippen LogP contribution in [0, 0.1) is 11.8 Å². The summed E-state index contributed by atoms with van der Waals surface area (Å²) in [7, 11) is 0. The van der Waals surface area contributed by atoms with Crippen LogP contribution in [0.2, 0.25) is 0 Å². The zero-order valence-electron chi connectivity index (χ0n) is 20.2. The predicted octanol–water partition coefficient (Wildman–Crippen LogP) is 6.23. The molecule has 0 fully saturated rings. The largest absolute Gasteiger partial charge is 0.490 e. The normalized spacial score (nSPS) is 14.2. The summed E-state index contributed by atoms with van der Waals surface area (Å²) >= 11 is 1.75. The van der Waals surface area contributed by atoms with Crippen molar-refractivity contribution < 1.29 is 9.84 Å². The quantitative estimate of drug-likeness (QED) is 0.426. The van der Waals surface area contributed by atoms with E-state index in [4.69, 9.17) is 14.8 Å². The molecule has 0 amide bonds. The van der Waals surface area contributed by atoms with Crippen molar-refractivity contribution in [2.45, 2.75) is 59.6 Å². The molecule has 1 unspecified atom stereocenters. The summed E-state index contributed by atoms with van der Waals surface area (Å²) in [5.74, 6) is 7.00.